The predicted octanol–water partition coefficient (Wildman–Crippen LogP) is 3.06. The topological polar surface area (TPSA) is 97.8 Å². The third-order valence-electron chi connectivity index (χ3n) is 3.55. The molecule has 1 heterocycles. The molecule has 2 rings (SSSR count). The number of hydrogen-bond acceptors (Lipinski definition) is 6. The van der Waals surface area contributed by atoms with Crippen molar-refractivity contribution in [3.05, 3.63) is 45.4 Å². The molecule has 2 N–H and O–H groups in total. The largest absolute Gasteiger partial charge is 0.490 e. The Morgan fingerprint density at radius 1 is 1.31 bits per heavy atom. The molecular formula is C18H22N2O5S. The fraction of sp³-hybridized carbons (Fsp3) is 0.389. The van der Waals surface area contributed by atoms with E-state index in [2.05, 4.69) is 10.3 Å². The Hall–Kier alpha value is -2.45. The van der Waals surface area contributed by atoms with Gasteiger partial charge in [0.25, 0.3) is 5.91 Å². The minimum atomic E-state index is -1.02. The second-order valence-electron chi connectivity index (χ2n) is 5.51. The maximum atomic E-state index is 12.6. The average Bonchev–Trinajstić information content (AvgIpc) is 3.01. The van der Waals surface area contributed by atoms with E-state index in [4.69, 9.17) is 14.6 Å². The van der Waals surface area contributed by atoms with E-state index >= 15 is 0 Å². The summed E-state index contributed by atoms with van der Waals surface area (Å²) in [6, 6.07) is 6.52. The van der Waals surface area contributed by atoms with Crippen LogP contribution < -0.4 is 10.1 Å². The van der Waals surface area contributed by atoms with Crippen molar-refractivity contribution in [2.75, 3.05) is 19.8 Å². The normalized spacial score (nSPS) is 11.8. The minimum absolute atomic E-state index is 0.181. The first-order chi connectivity index (χ1) is 12.4. The van der Waals surface area contributed by atoms with Crippen LogP contribution in [0.2, 0.25) is 0 Å². The number of para-hydroxylation sites is 1. The van der Waals surface area contributed by atoms with Gasteiger partial charge in [0.2, 0.25) is 0 Å². The van der Waals surface area contributed by atoms with Crippen LogP contribution in [0.1, 0.15) is 50.6 Å². The first-order valence-corrected chi connectivity index (χ1v) is 9.06. The number of hydrogen-bond donors (Lipinski definition) is 2. The van der Waals surface area contributed by atoms with E-state index in [9.17, 15) is 9.59 Å². The summed E-state index contributed by atoms with van der Waals surface area (Å²) in [5, 5.41) is 12.5. The molecule has 0 radical (unpaired) electrons. The van der Waals surface area contributed by atoms with Gasteiger partial charge in [-0.2, -0.15) is 0 Å². The van der Waals surface area contributed by atoms with Crippen molar-refractivity contribution in [2.45, 2.75) is 26.8 Å². The van der Waals surface area contributed by atoms with Gasteiger partial charge in [-0.1, -0.05) is 12.1 Å². The van der Waals surface area contributed by atoms with Crippen molar-refractivity contribution >= 4 is 23.2 Å². The van der Waals surface area contributed by atoms with Crippen molar-refractivity contribution in [1.29, 1.82) is 0 Å². The quantitative estimate of drug-likeness (QED) is 0.651. The van der Waals surface area contributed by atoms with Crippen molar-refractivity contribution in [3.8, 4) is 5.75 Å². The summed E-state index contributed by atoms with van der Waals surface area (Å²) in [5.74, 6) is -0.856. The third kappa shape index (κ3) is 5.03. The SMILES string of the molecule is CCOCCOc1ccccc1C(=O)NC(C)c1nc(C)c(C(=O)O)s1. The Balaban J connectivity index is 2.07. The number of rotatable bonds is 9. The lowest BCUT2D eigenvalue weighted by atomic mass is 10.1. The number of carbonyl (C=O) groups is 2. The number of aryl methyl sites for hydroxylation is 1. The highest BCUT2D eigenvalue weighted by Gasteiger charge is 2.21. The maximum Gasteiger partial charge on any atom is 0.347 e. The standard InChI is InChI=1S/C18H22N2O5S/c1-4-24-9-10-25-14-8-6-5-7-13(14)16(21)19-12(3)17-20-11(2)15(26-17)18(22)23/h5-8,12H,4,9-10H2,1-3H3,(H,19,21)(H,22,23). The van der Waals surface area contributed by atoms with Gasteiger partial charge in [0.15, 0.2) is 0 Å². The van der Waals surface area contributed by atoms with Crippen molar-refractivity contribution in [1.82, 2.24) is 10.3 Å². The Kier molecular flexibility index (Phi) is 7.11. The third-order valence-corrected chi connectivity index (χ3v) is 4.87. The molecule has 26 heavy (non-hydrogen) atoms. The molecule has 0 fully saturated rings. The van der Waals surface area contributed by atoms with Crippen LogP contribution in [0.25, 0.3) is 0 Å². The molecule has 1 amide bonds. The lowest BCUT2D eigenvalue weighted by molar-refractivity contribution is 0.0700. The number of aromatic nitrogens is 1. The van der Waals surface area contributed by atoms with E-state index in [0.717, 1.165) is 11.3 Å². The van der Waals surface area contributed by atoms with E-state index in [-0.39, 0.29) is 10.8 Å². The molecular weight excluding hydrogens is 356 g/mol. The average molecular weight is 378 g/mol. The van der Waals surface area contributed by atoms with Crippen LogP contribution in [0, 0.1) is 6.92 Å². The van der Waals surface area contributed by atoms with E-state index in [1.165, 1.54) is 0 Å². The van der Waals surface area contributed by atoms with Gasteiger partial charge in [0.1, 0.15) is 22.2 Å². The molecule has 0 saturated heterocycles. The zero-order valence-electron chi connectivity index (χ0n) is 14.9. The highest BCUT2D eigenvalue weighted by atomic mass is 32.1. The summed E-state index contributed by atoms with van der Waals surface area (Å²) < 4.78 is 10.9. The van der Waals surface area contributed by atoms with Crippen LogP contribution in [0.4, 0.5) is 0 Å². The number of nitrogens with zero attached hydrogens (tertiary/aromatic N) is 1. The van der Waals surface area contributed by atoms with E-state index < -0.39 is 12.0 Å². The predicted molar refractivity (Wildman–Crippen MR) is 98.1 cm³/mol. The number of carboxylic acid groups (broad SMARTS) is 1. The van der Waals surface area contributed by atoms with Gasteiger partial charge in [-0.05, 0) is 32.9 Å². The fourth-order valence-corrected chi connectivity index (χ4v) is 3.18. The molecule has 1 atom stereocenters. The Bertz CT molecular complexity index is 775. The van der Waals surface area contributed by atoms with Crippen LogP contribution in [0.3, 0.4) is 0 Å². The molecule has 1 unspecified atom stereocenters. The first kappa shape index (κ1) is 19.9. The van der Waals surface area contributed by atoms with Crippen LogP contribution in [-0.2, 0) is 4.74 Å². The Labute approximate surface area is 156 Å². The number of amides is 1. The molecule has 1 aromatic heterocycles. The van der Waals surface area contributed by atoms with Crippen LogP contribution >= 0.6 is 11.3 Å². The zero-order valence-corrected chi connectivity index (χ0v) is 15.8. The van der Waals surface area contributed by atoms with Gasteiger partial charge in [-0.15, -0.1) is 11.3 Å². The van der Waals surface area contributed by atoms with Crippen molar-refractivity contribution in [2.24, 2.45) is 0 Å². The Morgan fingerprint density at radius 2 is 2.04 bits per heavy atom. The summed E-state index contributed by atoms with van der Waals surface area (Å²) in [5.41, 5.74) is 0.848. The first-order valence-electron chi connectivity index (χ1n) is 8.25. The summed E-state index contributed by atoms with van der Waals surface area (Å²) in [6.45, 7) is 6.70. The molecule has 140 valence electrons. The molecule has 0 aliphatic heterocycles. The summed E-state index contributed by atoms with van der Waals surface area (Å²) >= 11 is 1.06. The van der Waals surface area contributed by atoms with Gasteiger partial charge in [0.05, 0.1) is 23.9 Å². The molecule has 0 saturated carbocycles. The number of thiazole rings is 1. The zero-order chi connectivity index (χ0) is 19.1. The second kappa shape index (κ2) is 9.30. The van der Waals surface area contributed by atoms with Crippen molar-refractivity contribution in [3.63, 3.8) is 0 Å². The number of aromatic carboxylic acids is 1. The summed E-state index contributed by atoms with van der Waals surface area (Å²) in [4.78, 5) is 28.2. The lowest BCUT2D eigenvalue weighted by Crippen LogP contribution is -2.27. The molecule has 0 aliphatic carbocycles. The number of benzene rings is 1. The van der Waals surface area contributed by atoms with Crippen LogP contribution in [0.15, 0.2) is 24.3 Å². The number of carboxylic acids is 1. The van der Waals surface area contributed by atoms with E-state index in [1.54, 1.807) is 38.1 Å². The van der Waals surface area contributed by atoms with Gasteiger partial charge < -0.3 is 19.9 Å². The highest BCUT2D eigenvalue weighted by molar-refractivity contribution is 7.13. The van der Waals surface area contributed by atoms with Crippen LogP contribution in [-0.4, -0.2) is 41.8 Å². The van der Waals surface area contributed by atoms with Gasteiger partial charge in [-0.3, -0.25) is 4.79 Å². The smallest absolute Gasteiger partial charge is 0.347 e. The molecule has 2 aromatic rings. The van der Waals surface area contributed by atoms with Crippen LogP contribution in [0.5, 0.6) is 5.75 Å². The van der Waals surface area contributed by atoms with E-state index in [0.29, 0.717) is 41.8 Å². The lowest BCUT2D eigenvalue weighted by Gasteiger charge is -2.14. The second-order valence-corrected chi connectivity index (χ2v) is 6.54. The number of ether oxygens (including phenoxy) is 2. The number of nitrogens with one attached hydrogen (secondary N) is 1. The van der Waals surface area contributed by atoms with Gasteiger partial charge in [0, 0.05) is 6.61 Å². The molecule has 1 aromatic carbocycles. The van der Waals surface area contributed by atoms with Gasteiger partial charge in [-0.25, -0.2) is 9.78 Å². The molecule has 8 heteroatoms. The minimum Gasteiger partial charge on any atom is -0.490 e. The summed E-state index contributed by atoms with van der Waals surface area (Å²) in [6.07, 6.45) is 0. The van der Waals surface area contributed by atoms with E-state index in [1.807, 2.05) is 6.92 Å². The molecule has 7 nitrogen and oxygen atoms in total. The Morgan fingerprint density at radius 3 is 2.69 bits per heavy atom. The maximum absolute atomic E-state index is 12.6. The monoisotopic (exact) mass is 378 g/mol. The fourth-order valence-electron chi connectivity index (χ4n) is 2.27. The molecule has 0 spiro atoms. The summed E-state index contributed by atoms with van der Waals surface area (Å²) in [7, 11) is 0. The van der Waals surface area contributed by atoms with Crippen molar-refractivity contribution < 1.29 is 24.2 Å². The van der Waals surface area contributed by atoms with Gasteiger partial charge >= 0.3 is 5.97 Å². The highest BCUT2D eigenvalue weighted by Crippen LogP contribution is 2.25. The molecule has 0 aliphatic rings. The number of carbonyl (C=O) groups excluding carboxylic acids is 1. The molecule has 0 bridgehead atoms.